The van der Waals surface area contributed by atoms with E-state index < -0.39 is 0 Å². The summed E-state index contributed by atoms with van der Waals surface area (Å²) in [6.07, 6.45) is 5.32. The molecule has 1 heterocycles. The number of para-hydroxylation sites is 1. The molecule has 2 N–H and O–H groups in total. The summed E-state index contributed by atoms with van der Waals surface area (Å²) >= 11 is 0. The van der Waals surface area contributed by atoms with Gasteiger partial charge in [-0.3, -0.25) is 14.6 Å². The Bertz CT molecular complexity index is 615. The van der Waals surface area contributed by atoms with Crippen LogP contribution in [-0.4, -0.2) is 74.4 Å². The highest BCUT2D eigenvalue weighted by atomic mass is 16.2. The first-order chi connectivity index (χ1) is 13.5. The van der Waals surface area contributed by atoms with Gasteiger partial charge in [0.15, 0.2) is 0 Å². The third kappa shape index (κ3) is 7.00. The molecule has 1 aliphatic heterocycles. The standard InChI is InChI=1S/C22H36N4O2/c1-18-8-7-9-19(2)21(18)24-22(28)20-10-14-26(20)13-6-4-5-11-23-12-15-25(3)16-17-27/h7-9,17,20,23H,4-6,10-16H2,1-3H3,(H,24,28). The van der Waals surface area contributed by atoms with E-state index >= 15 is 0 Å². The first-order valence-electron chi connectivity index (χ1n) is 10.5. The van der Waals surface area contributed by atoms with E-state index in [9.17, 15) is 9.59 Å². The first kappa shape index (κ1) is 22.5. The maximum Gasteiger partial charge on any atom is 0.241 e. The molecular formula is C22H36N4O2. The van der Waals surface area contributed by atoms with Gasteiger partial charge in [-0.2, -0.15) is 0 Å². The normalized spacial score (nSPS) is 16.8. The van der Waals surface area contributed by atoms with E-state index in [-0.39, 0.29) is 11.9 Å². The van der Waals surface area contributed by atoms with Crippen LogP contribution >= 0.6 is 0 Å². The van der Waals surface area contributed by atoms with Crippen molar-refractivity contribution in [3.8, 4) is 0 Å². The van der Waals surface area contributed by atoms with Crippen LogP contribution in [-0.2, 0) is 9.59 Å². The number of amides is 1. The second-order valence-corrected chi connectivity index (χ2v) is 7.84. The molecule has 1 aromatic rings. The number of hydrogen-bond acceptors (Lipinski definition) is 5. The zero-order chi connectivity index (χ0) is 20.4. The van der Waals surface area contributed by atoms with Crippen LogP contribution in [0.2, 0.25) is 0 Å². The zero-order valence-electron chi connectivity index (χ0n) is 17.7. The van der Waals surface area contributed by atoms with Gasteiger partial charge < -0.3 is 15.4 Å². The highest BCUT2D eigenvalue weighted by Crippen LogP contribution is 2.23. The summed E-state index contributed by atoms with van der Waals surface area (Å²) in [6, 6.07) is 6.12. The smallest absolute Gasteiger partial charge is 0.241 e. The average molecular weight is 389 g/mol. The second kappa shape index (κ2) is 11.9. The fraction of sp³-hybridized carbons (Fsp3) is 0.636. The number of nitrogens with one attached hydrogen (secondary N) is 2. The lowest BCUT2D eigenvalue weighted by Gasteiger charge is -2.40. The molecule has 0 bridgehead atoms. The number of likely N-dealkylation sites (N-methyl/N-ethyl adjacent to an activating group) is 1. The molecule has 0 aromatic heterocycles. The molecule has 1 atom stereocenters. The molecule has 0 aliphatic carbocycles. The van der Waals surface area contributed by atoms with Crippen LogP contribution in [0.15, 0.2) is 18.2 Å². The van der Waals surface area contributed by atoms with Crippen LogP contribution in [0.5, 0.6) is 0 Å². The Balaban J connectivity index is 1.58. The summed E-state index contributed by atoms with van der Waals surface area (Å²) in [4.78, 5) is 27.3. The highest BCUT2D eigenvalue weighted by molar-refractivity contribution is 5.96. The molecule has 1 amide bonds. The molecule has 1 aliphatic rings. The van der Waals surface area contributed by atoms with E-state index in [4.69, 9.17) is 0 Å². The molecular weight excluding hydrogens is 352 g/mol. The summed E-state index contributed by atoms with van der Waals surface area (Å²) in [6.45, 7) is 9.39. The number of carbonyl (C=O) groups excluding carboxylic acids is 2. The van der Waals surface area contributed by atoms with Gasteiger partial charge in [-0.25, -0.2) is 0 Å². The van der Waals surface area contributed by atoms with Crippen molar-refractivity contribution < 1.29 is 9.59 Å². The number of aryl methyl sites for hydroxylation is 2. The number of carbonyl (C=O) groups is 2. The number of anilines is 1. The van der Waals surface area contributed by atoms with E-state index in [1.165, 1.54) is 6.42 Å². The summed E-state index contributed by atoms with van der Waals surface area (Å²) in [5.74, 6) is 0.129. The first-order valence-corrected chi connectivity index (χ1v) is 10.5. The Morgan fingerprint density at radius 1 is 1.21 bits per heavy atom. The molecule has 1 saturated heterocycles. The van der Waals surface area contributed by atoms with Crippen LogP contribution < -0.4 is 10.6 Å². The van der Waals surface area contributed by atoms with Crippen molar-refractivity contribution in [2.75, 3.05) is 51.6 Å². The number of likely N-dealkylation sites (tertiary alicyclic amines) is 1. The minimum absolute atomic E-state index is 0.0190. The van der Waals surface area contributed by atoms with Crippen LogP contribution in [0.1, 0.15) is 36.8 Å². The Labute approximate surface area is 169 Å². The lowest BCUT2D eigenvalue weighted by molar-refractivity contribution is -0.125. The molecule has 2 rings (SSSR count). The monoisotopic (exact) mass is 388 g/mol. The molecule has 1 aromatic carbocycles. The third-order valence-corrected chi connectivity index (χ3v) is 5.52. The van der Waals surface area contributed by atoms with Crippen LogP contribution in [0.3, 0.4) is 0 Å². The largest absolute Gasteiger partial charge is 0.324 e. The number of nitrogens with zero attached hydrogens (tertiary/aromatic N) is 2. The number of hydrogen-bond donors (Lipinski definition) is 2. The van der Waals surface area contributed by atoms with Gasteiger partial charge in [0.2, 0.25) is 5.91 Å². The van der Waals surface area contributed by atoms with Crippen molar-refractivity contribution in [1.29, 1.82) is 0 Å². The van der Waals surface area contributed by atoms with Gasteiger partial charge in [0, 0.05) is 25.3 Å². The highest BCUT2D eigenvalue weighted by Gasteiger charge is 2.33. The van der Waals surface area contributed by atoms with Crippen molar-refractivity contribution in [2.24, 2.45) is 0 Å². The van der Waals surface area contributed by atoms with Crippen LogP contribution in [0.4, 0.5) is 5.69 Å². The zero-order valence-corrected chi connectivity index (χ0v) is 17.7. The number of benzene rings is 1. The van der Waals surface area contributed by atoms with Crippen molar-refractivity contribution in [3.05, 3.63) is 29.3 Å². The minimum Gasteiger partial charge on any atom is -0.324 e. The van der Waals surface area contributed by atoms with Crippen LogP contribution in [0, 0.1) is 13.8 Å². The van der Waals surface area contributed by atoms with E-state index in [1.807, 2.05) is 44.0 Å². The quantitative estimate of drug-likeness (QED) is 0.401. The molecule has 1 unspecified atom stereocenters. The predicted molar refractivity (Wildman–Crippen MR) is 115 cm³/mol. The van der Waals surface area contributed by atoms with Gasteiger partial charge in [0.25, 0.3) is 0 Å². The Hall–Kier alpha value is -1.76. The SMILES string of the molecule is Cc1cccc(C)c1NC(=O)C1CCN1CCCCCNCCN(C)CC=O. The van der Waals surface area contributed by atoms with Crippen molar-refractivity contribution in [1.82, 2.24) is 15.1 Å². The summed E-state index contributed by atoms with van der Waals surface area (Å²) in [5.41, 5.74) is 3.19. The van der Waals surface area contributed by atoms with Crippen molar-refractivity contribution in [3.63, 3.8) is 0 Å². The van der Waals surface area contributed by atoms with Gasteiger partial charge in [0.1, 0.15) is 6.29 Å². The molecule has 0 radical (unpaired) electrons. The van der Waals surface area contributed by atoms with Crippen molar-refractivity contribution in [2.45, 2.75) is 45.6 Å². The number of rotatable bonds is 13. The van der Waals surface area contributed by atoms with Gasteiger partial charge in [0.05, 0.1) is 12.6 Å². The molecule has 28 heavy (non-hydrogen) atoms. The minimum atomic E-state index is 0.0190. The fourth-order valence-corrected chi connectivity index (χ4v) is 3.58. The van der Waals surface area contributed by atoms with E-state index in [0.717, 1.165) is 75.1 Å². The Morgan fingerprint density at radius 3 is 2.61 bits per heavy atom. The van der Waals surface area contributed by atoms with Crippen molar-refractivity contribution >= 4 is 17.9 Å². The maximum atomic E-state index is 12.6. The predicted octanol–water partition coefficient (Wildman–Crippen LogP) is 2.21. The molecule has 0 saturated carbocycles. The molecule has 1 fully saturated rings. The molecule has 6 nitrogen and oxygen atoms in total. The molecule has 6 heteroatoms. The van der Waals surface area contributed by atoms with Gasteiger partial charge in [-0.15, -0.1) is 0 Å². The number of unbranched alkanes of at least 4 members (excludes halogenated alkanes) is 2. The lowest BCUT2D eigenvalue weighted by Crippen LogP contribution is -2.54. The van der Waals surface area contributed by atoms with Gasteiger partial charge >= 0.3 is 0 Å². The Kier molecular flexibility index (Phi) is 9.61. The average Bonchev–Trinajstić information content (AvgIpc) is 2.62. The van der Waals surface area contributed by atoms with E-state index in [2.05, 4.69) is 15.5 Å². The summed E-state index contributed by atoms with van der Waals surface area (Å²) in [5, 5.41) is 6.56. The third-order valence-electron chi connectivity index (χ3n) is 5.52. The van der Waals surface area contributed by atoms with Gasteiger partial charge in [-0.1, -0.05) is 24.6 Å². The van der Waals surface area contributed by atoms with E-state index in [1.54, 1.807) is 0 Å². The molecule has 156 valence electrons. The summed E-state index contributed by atoms with van der Waals surface area (Å²) in [7, 11) is 1.95. The molecule has 0 spiro atoms. The second-order valence-electron chi connectivity index (χ2n) is 7.84. The number of aldehydes is 1. The van der Waals surface area contributed by atoms with Gasteiger partial charge in [-0.05, 0) is 64.4 Å². The van der Waals surface area contributed by atoms with E-state index in [0.29, 0.717) is 6.54 Å². The Morgan fingerprint density at radius 2 is 1.96 bits per heavy atom. The lowest BCUT2D eigenvalue weighted by atomic mass is 10.0. The fourth-order valence-electron chi connectivity index (χ4n) is 3.58. The van der Waals surface area contributed by atoms with Crippen LogP contribution in [0.25, 0.3) is 0 Å². The maximum absolute atomic E-state index is 12.6. The summed E-state index contributed by atoms with van der Waals surface area (Å²) < 4.78 is 0. The topological polar surface area (TPSA) is 64.7 Å².